The van der Waals surface area contributed by atoms with Gasteiger partial charge in [-0.3, -0.25) is 4.72 Å². The van der Waals surface area contributed by atoms with Crippen LogP contribution in [0, 0.1) is 0 Å². The van der Waals surface area contributed by atoms with E-state index in [1.165, 1.54) is 54.8 Å². The van der Waals surface area contributed by atoms with Gasteiger partial charge in [-0.05, 0) is 48.5 Å². The zero-order valence-corrected chi connectivity index (χ0v) is 16.6. The number of sulfone groups is 1. The molecule has 0 spiro atoms. The van der Waals surface area contributed by atoms with Crippen LogP contribution in [-0.2, 0) is 25.6 Å². The number of methoxy groups -OCH3 is 1. The first-order chi connectivity index (χ1) is 12.8. The van der Waals surface area contributed by atoms with Crippen molar-refractivity contribution >= 4 is 36.9 Å². The topological polar surface area (TPSA) is 102 Å². The largest absolute Gasteiger partial charge is 0.497 e. The zero-order valence-electron chi connectivity index (χ0n) is 14.2. The minimum atomic E-state index is -3.79. The van der Waals surface area contributed by atoms with Gasteiger partial charge < -0.3 is 4.74 Å². The van der Waals surface area contributed by atoms with Crippen LogP contribution in [0.2, 0.25) is 0 Å². The third kappa shape index (κ3) is 4.65. The highest BCUT2D eigenvalue weighted by molar-refractivity contribution is 7.92. The lowest BCUT2D eigenvalue weighted by Crippen LogP contribution is -2.13. The fourth-order valence-electron chi connectivity index (χ4n) is 2.27. The Hall–Kier alpha value is -2.43. The summed E-state index contributed by atoms with van der Waals surface area (Å²) in [7, 11) is -5.85. The predicted molar refractivity (Wildman–Crippen MR) is 103 cm³/mol. The molecule has 2 aromatic carbocycles. The van der Waals surface area contributed by atoms with E-state index >= 15 is 0 Å². The number of aromatic nitrogens is 1. The smallest absolute Gasteiger partial charge is 0.261 e. The maximum Gasteiger partial charge on any atom is 0.261 e. The van der Waals surface area contributed by atoms with Crippen LogP contribution in [0.4, 0.5) is 5.69 Å². The molecule has 0 saturated heterocycles. The maximum atomic E-state index is 12.4. The number of hydrogen-bond acceptors (Lipinski definition) is 7. The second kappa shape index (κ2) is 7.67. The Morgan fingerprint density at radius 2 is 1.59 bits per heavy atom. The van der Waals surface area contributed by atoms with E-state index in [1.54, 1.807) is 23.7 Å². The summed E-state index contributed by atoms with van der Waals surface area (Å²) in [6.45, 7) is 0. The van der Waals surface area contributed by atoms with Crippen molar-refractivity contribution in [1.29, 1.82) is 0 Å². The number of sulfonamides is 1. The highest BCUT2D eigenvalue weighted by Crippen LogP contribution is 2.22. The zero-order chi connectivity index (χ0) is 19.5. The molecule has 142 valence electrons. The molecule has 0 atom stereocenters. The van der Waals surface area contributed by atoms with Crippen LogP contribution in [0.3, 0.4) is 0 Å². The molecule has 1 aromatic heterocycles. The molecular formula is C17H16N2O5S3. The maximum absolute atomic E-state index is 12.4. The Morgan fingerprint density at radius 3 is 2.15 bits per heavy atom. The third-order valence-electron chi connectivity index (χ3n) is 3.63. The van der Waals surface area contributed by atoms with Crippen LogP contribution < -0.4 is 9.46 Å². The number of nitrogens with one attached hydrogen (secondary N) is 1. The average molecular weight is 425 g/mol. The minimum absolute atomic E-state index is 0.0729. The molecule has 0 aliphatic carbocycles. The van der Waals surface area contributed by atoms with Crippen molar-refractivity contribution in [2.75, 3.05) is 11.8 Å². The number of thiazole rings is 1. The van der Waals surface area contributed by atoms with Gasteiger partial charge >= 0.3 is 0 Å². The second-order valence-corrected chi connectivity index (χ2v) is 10.1. The van der Waals surface area contributed by atoms with E-state index in [9.17, 15) is 16.8 Å². The van der Waals surface area contributed by atoms with Gasteiger partial charge in [0.1, 0.15) is 16.5 Å². The van der Waals surface area contributed by atoms with Gasteiger partial charge in [-0.15, -0.1) is 11.3 Å². The Labute approximate surface area is 161 Å². The van der Waals surface area contributed by atoms with E-state index in [0.29, 0.717) is 10.8 Å². The molecule has 0 radical (unpaired) electrons. The van der Waals surface area contributed by atoms with Crippen molar-refractivity contribution in [3.63, 3.8) is 0 Å². The van der Waals surface area contributed by atoms with Gasteiger partial charge in [0.15, 0.2) is 9.84 Å². The molecule has 0 bridgehead atoms. The van der Waals surface area contributed by atoms with E-state index in [4.69, 9.17) is 4.74 Å². The molecule has 3 rings (SSSR count). The first-order valence-electron chi connectivity index (χ1n) is 7.68. The molecule has 1 N–H and O–H groups in total. The second-order valence-electron chi connectivity index (χ2n) is 5.49. The molecule has 27 heavy (non-hydrogen) atoms. The molecule has 7 nitrogen and oxygen atoms in total. The average Bonchev–Trinajstić information content (AvgIpc) is 3.14. The molecule has 0 aliphatic heterocycles. The SMILES string of the molecule is COc1ccc(S(=O)(=O)Nc2ccc(S(=O)(=O)Cc3nccs3)cc2)cc1. The van der Waals surface area contributed by atoms with E-state index in [1.807, 2.05) is 0 Å². The number of rotatable bonds is 7. The summed E-state index contributed by atoms with van der Waals surface area (Å²) in [5.74, 6) is 0.352. The quantitative estimate of drug-likeness (QED) is 0.626. The van der Waals surface area contributed by atoms with E-state index in [0.717, 1.165) is 0 Å². The highest BCUT2D eigenvalue weighted by atomic mass is 32.2. The number of nitrogens with zero attached hydrogens (tertiary/aromatic N) is 1. The lowest BCUT2D eigenvalue weighted by molar-refractivity contribution is 0.414. The standard InChI is InChI=1S/C17H16N2O5S3/c1-24-14-4-8-16(9-5-14)27(22,23)19-13-2-6-15(7-3-13)26(20,21)12-17-18-10-11-25-17/h2-11,19H,12H2,1H3. The van der Waals surface area contributed by atoms with Crippen molar-refractivity contribution in [2.45, 2.75) is 15.5 Å². The highest BCUT2D eigenvalue weighted by Gasteiger charge is 2.18. The molecule has 0 unspecified atom stereocenters. The van der Waals surface area contributed by atoms with E-state index < -0.39 is 19.9 Å². The summed E-state index contributed by atoms with van der Waals surface area (Å²) in [5, 5.41) is 2.21. The van der Waals surface area contributed by atoms with Crippen molar-refractivity contribution in [1.82, 2.24) is 4.98 Å². The van der Waals surface area contributed by atoms with Crippen molar-refractivity contribution < 1.29 is 21.6 Å². The van der Waals surface area contributed by atoms with Crippen LogP contribution in [0.5, 0.6) is 5.75 Å². The van der Waals surface area contributed by atoms with Crippen molar-refractivity contribution in [3.8, 4) is 5.75 Å². The van der Waals surface area contributed by atoms with Crippen molar-refractivity contribution in [3.05, 3.63) is 65.1 Å². The van der Waals surface area contributed by atoms with Gasteiger partial charge in [0.05, 0.1) is 16.9 Å². The Kier molecular flexibility index (Phi) is 5.49. The van der Waals surface area contributed by atoms with Crippen molar-refractivity contribution in [2.24, 2.45) is 0 Å². The lowest BCUT2D eigenvalue weighted by atomic mass is 10.3. The van der Waals surface area contributed by atoms with Gasteiger partial charge in [-0.2, -0.15) is 0 Å². The fourth-order valence-corrected chi connectivity index (χ4v) is 5.58. The Balaban J connectivity index is 1.76. The van der Waals surface area contributed by atoms with Gasteiger partial charge in [0.25, 0.3) is 10.0 Å². The molecule has 3 aromatic rings. The molecular weight excluding hydrogens is 408 g/mol. The summed E-state index contributed by atoms with van der Waals surface area (Å²) in [4.78, 5) is 4.15. The third-order valence-corrected chi connectivity index (χ3v) is 7.64. The Morgan fingerprint density at radius 1 is 0.963 bits per heavy atom. The molecule has 1 heterocycles. The van der Waals surface area contributed by atoms with Gasteiger partial charge in [-0.1, -0.05) is 0 Å². The summed E-state index contributed by atoms with van der Waals surface area (Å²) < 4.78 is 57.1. The number of hydrogen-bond donors (Lipinski definition) is 1. The molecule has 0 saturated carbocycles. The van der Waals surface area contributed by atoms with Gasteiger partial charge in [-0.25, -0.2) is 21.8 Å². The van der Waals surface area contributed by atoms with E-state index in [2.05, 4.69) is 9.71 Å². The normalized spacial score (nSPS) is 11.9. The molecule has 10 heteroatoms. The first-order valence-corrected chi connectivity index (χ1v) is 11.7. The molecule has 0 aliphatic rings. The Bertz CT molecular complexity index is 1110. The predicted octanol–water partition coefficient (Wildman–Crippen LogP) is 2.93. The van der Waals surface area contributed by atoms with Crippen LogP contribution >= 0.6 is 11.3 Å². The van der Waals surface area contributed by atoms with Gasteiger partial charge in [0.2, 0.25) is 0 Å². The fraction of sp³-hybridized carbons (Fsp3) is 0.118. The first kappa shape index (κ1) is 19.3. The number of benzene rings is 2. The van der Waals surface area contributed by atoms with Crippen LogP contribution in [0.1, 0.15) is 5.01 Å². The monoisotopic (exact) mass is 424 g/mol. The number of anilines is 1. The summed E-state index contributed by atoms with van der Waals surface area (Å²) in [6, 6.07) is 11.5. The lowest BCUT2D eigenvalue weighted by Gasteiger charge is -2.09. The summed E-state index contributed by atoms with van der Waals surface area (Å²) in [5.41, 5.74) is 0.263. The van der Waals surface area contributed by atoms with Crippen LogP contribution in [0.15, 0.2) is 69.9 Å². The van der Waals surface area contributed by atoms with Crippen LogP contribution in [-0.4, -0.2) is 28.9 Å². The molecule has 0 amide bonds. The minimum Gasteiger partial charge on any atom is -0.497 e. The summed E-state index contributed by atoms with van der Waals surface area (Å²) in [6.07, 6.45) is 1.55. The van der Waals surface area contributed by atoms with E-state index in [-0.39, 0.29) is 21.2 Å². The van der Waals surface area contributed by atoms with Crippen LogP contribution in [0.25, 0.3) is 0 Å². The molecule has 0 fully saturated rings. The van der Waals surface area contributed by atoms with Gasteiger partial charge in [0, 0.05) is 17.3 Å². The summed E-state index contributed by atoms with van der Waals surface area (Å²) >= 11 is 1.26. The number of ether oxygens (including phenoxy) is 1.